The van der Waals surface area contributed by atoms with Gasteiger partial charge in [0.15, 0.2) is 0 Å². The molecule has 2 atom stereocenters. The number of carbonyl (C=O) groups excluding carboxylic acids is 2. The number of aliphatic hydroxyl groups excluding tert-OH is 2. The van der Waals surface area contributed by atoms with Gasteiger partial charge in [-0.25, -0.2) is 0 Å². The van der Waals surface area contributed by atoms with E-state index in [0.717, 1.165) is 77.0 Å². The third-order valence-corrected chi connectivity index (χ3v) is 11.7. The molecule has 6 heteroatoms. The number of rotatable bonds is 47. The molecule has 0 bridgehead atoms. The number of amides is 1. The summed E-state index contributed by atoms with van der Waals surface area (Å²) in [6.45, 7) is 4.82. The van der Waals surface area contributed by atoms with Crippen LogP contribution in [-0.4, -0.2) is 47.4 Å². The molecule has 0 aromatic heterocycles. The number of ether oxygens (including phenoxy) is 1. The minimum atomic E-state index is -0.864. The van der Waals surface area contributed by atoms with Gasteiger partial charge in [0.1, 0.15) is 0 Å². The molecule has 0 spiro atoms. The predicted octanol–water partition coefficient (Wildman–Crippen LogP) is 15.1. The van der Waals surface area contributed by atoms with Crippen molar-refractivity contribution in [3.8, 4) is 0 Å². The maximum absolute atomic E-state index is 12.4. The standard InChI is InChI=1S/C52H99NO5/c1-3-5-7-9-11-13-15-17-19-20-21-23-25-30-34-38-42-46-52(57)58-47-43-39-35-31-27-26-29-33-37-41-45-51(56)53-49(48-54)50(55)44-40-36-32-28-24-22-18-16-14-12-10-8-6-4-2/h27,31,40,44,49-50,54-55H,3-26,28-30,32-39,41-43,45-48H2,1-2H3,(H,53,56)/b31-27-,44-40+. The van der Waals surface area contributed by atoms with Crippen molar-refractivity contribution in [3.05, 3.63) is 24.3 Å². The van der Waals surface area contributed by atoms with Crippen LogP contribution in [0.3, 0.4) is 0 Å². The molecular weight excluding hydrogens is 719 g/mol. The molecule has 0 aliphatic heterocycles. The van der Waals surface area contributed by atoms with Crippen LogP contribution in [0.4, 0.5) is 0 Å². The van der Waals surface area contributed by atoms with Gasteiger partial charge in [-0.1, -0.05) is 224 Å². The molecule has 342 valence electrons. The molecule has 3 N–H and O–H groups in total. The Morgan fingerprint density at radius 3 is 1.22 bits per heavy atom. The number of unbranched alkanes of at least 4 members (excludes halogenated alkanes) is 34. The van der Waals surface area contributed by atoms with Gasteiger partial charge in [-0.2, -0.15) is 0 Å². The van der Waals surface area contributed by atoms with Crippen LogP contribution in [0.5, 0.6) is 0 Å². The van der Waals surface area contributed by atoms with E-state index >= 15 is 0 Å². The van der Waals surface area contributed by atoms with E-state index in [2.05, 4.69) is 31.3 Å². The number of aliphatic hydroxyl groups is 2. The summed E-state index contributed by atoms with van der Waals surface area (Å²) in [6.07, 6.45) is 56.1. The molecule has 0 heterocycles. The van der Waals surface area contributed by atoms with Crippen molar-refractivity contribution < 1.29 is 24.5 Å². The van der Waals surface area contributed by atoms with Crippen LogP contribution < -0.4 is 5.32 Å². The van der Waals surface area contributed by atoms with Crippen molar-refractivity contribution in [1.82, 2.24) is 5.32 Å². The van der Waals surface area contributed by atoms with Gasteiger partial charge < -0.3 is 20.3 Å². The molecule has 0 saturated heterocycles. The number of hydrogen-bond acceptors (Lipinski definition) is 5. The Labute approximate surface area is 361 Å². The van der Waals surface area contributed by atoms with E-state index in [9.17, 15) is 19.8 Å². The molecule has 0 fully saturated rings. The topological polar surface area (TPSA) is 95.9 Å². The van der Waals surface area contributed by atoms with E-state index in [1.54, 1.807) is 6.08 Å². The van der Waals surface area contributed by atoms with E-state index < -0.39 is 12.1 Å². The van der Waals surface area contributed by atoms with Gasteiger partial charge in [-0.15, -0.1) is 0 Å². The zero-order valence-corrected chi connectivity index (χ0v) is 38.8. The maximum Gasteiger partial charge on any atom is 0.305 e. The smallest absolute Gasteiger partial charge is 0.305 e. The van der Waals surface area contributed by atoms with Gasteiger partial charge in [0.2, 0.25) is 5.91 Å². The van der Waals surface area contributed by atoms with Crippen molar-refractivity contribution in [2.24, 2.45) is 0 Å². The number of allylic oxidation sites excluding steroid dienone is 3. The van der Waals surface area contributed by atoms with Crippen molar-refractivity contribution >= 4 is 11.9 Å². The number of esters is 1. The minimum Gasteiger partial charge on any atom is -0.466 e. The van der Waals surface area contributed by atoms with Crippen molar-refractivity contribution in [2.45, 2.75) is 283 Å². The Bertz CT molecular complexity index is 904. The lowest BCUT2D eigenvalue weighted by molar-refractivity contribution is -0.143. The summed E-state index contributed by atoms with van der Waals surface area (Å²) in [7, 11) is 0. The molecule has 6 nitrogen and oxygen atoms in total. The fraction of sp³-hybridized carbons (Fsp3) is 0.885. The average molecular weight is 818 g/mol. The maximum atomic E-state index is 12.4. The molecule has 0 saturated carbocycles. The van der Waals surface area contributed by atoms with Gasteiger partial charge in [0, 0.05) is 12.8 Å². The monoisotopic (exact) mass is 818 g/mol. The highest BCUT2D eigenvalue weighted by atomic mass is 16.5. The van der Waals surface area contributed by atoms with E-state index in [4.69, 9.17) is 4.74 Å². The summed E-state index contributed by atoms with van der Waals surface area (Å²) in [6, 6.07) is -0.652. The molecule has 0 rings (SSSR count). The largest absolute Gasteiger partial charge is 0.466 e. The number of carbonyl (C=O) groups is 2. The first kappa shape index (κ1) is 56.3. The minimum absolute atomic E-state index is 0.0349. The highest BCUT2D eigenvalue weighted by Crippen LogP contribution is 2.16. The Balaban J connectivity index is 3.53. The van der Waals surface area contributed by atoms with Gasteiger partial charge in [0.05, 0.1) is 25.4 Å². The lowest BCUT2D eigenvalue weighted by Crippen LogP contribution is -2.45. The molecule has 2 unspecified atom stereocenters. The van der Waals surface area contributed by atoms with Gasteiger partial charge in [-0.05, 0) is 57.8 Å². The summed E-state index contributed by atoms with van der Waals surface area (Å²) < 4.78 is 5.44. The van der Waals surface area contributed by atoms with E-state index in [0.29, 0.717) is 19.4 Å². The van der Waals surface area contributed by atoms with Gasteiger partial charge >= 0.3 is 5.97 Å². The fourth-order valence-electron chi connectivity index (χ4n) is 7.74. The van der Waals surface area contributed by atoms with Crippen LogP contribution in [0.1, 0.15) is 271 Å². The predicted molar refractivity (Wildman–Crippen MR) is 250 cm³/mol. The van der Waals surface area contributed by atoms with Crippen molar-refractivity contribution in [3.63, 3.8) is 0 Å². The first-order chi connectivity index (χ1) is 28.5. The summed E-state index contributed by atoms with van der Waals surface area (Å²) in [5, 5.41) is 23.0. The quantitative estimate of drug-likeness (QED) is 0.0323. The number of nitrogens with one attached hydrogen (secondary N) is 1. The lowest BCUT2D eigenvalue weighted by Gasteiger charge is -2.20. The molecule has 0 radical (unpaired) electrons. The van der Waals surface area contributed by atoms with Crippen LogP contribution in [0.15, 0.2) is 24.3 Å². The summed E-state index contributed by atoms with van der Waals surface area (Å²) >= 11 is 0. The van der Waals surface area contributed by atoms with Crippen LogP contribution in [0, 0.1) is 0 Å². The van der Waals surface area contributed by atoms with Crippen molar-refractivity contribution in [2.75, 3.05) is 13.2 Å². The number of hydrogen-bond donors (Lipinski definition) is 3. The molecule has 0 aromatic rings. The highest BCUT2D eigenvalue weighted by molar-refractivity contribution is 5.76. The molecule has 0 aromatic carbocycles. The molecule has 1 amide bonds. The zero-order valence-electron chi connectivity index (χ0n) is 38.8. The molecular formula is C52H99NO5. The van der Waals surface area contributed by atoms with Crippen LogP contribution in [-0.2, 0) is 14.3 Å². The van der Waals surface area contributed by atoms with Gasteiger partial charge in [-0.3, -0.25) is 9.59 Å². The Morgan fingerprint density at radius 1 is 0.466 bits per heavy atom. The molecule has 0 aliphatic carbocycles. The fourth-order valence-corrected chi connectivity index (χ4v) is 7.74. The second-order valence-corrected chi connectivity index (χ2v) is 17.5. The lowest BCUT2D eigenvalue weighted by atomic mass is 10.0. The van der Waals surface area contributed by atoms with Crippen LogP contribution in [0.2, 0.25) is 0 Å². The zero-order chi connectivity index (χ0) is 42.3. The first-order valence-electron chi connectivity index (χ1n) is 25.6. The third kappa shape index (κ3) is 43.9. The van der Waals surface area contributed by atoms with Gasteiger partial charge in [0.25, 0.3) is 0 Å². The molecule has 0 aliphatic rings. The summed E-state index contributed by atoms with van der Waals surface area (Å²) in [4.78, 5) is 24.4. The average Bonchev–Trinajstić information content (AvgIpc) is 3.22. The molecule has 58 heavy (non-hydrogen) atoms. The second kappa shape index (κ2) is 48.0. The van der Waals surface area contributed by atoms with Crippen LogP contribution >= 0.6 is 0 Å². The Morgan fingerprint density at radius 2 is 0.810 bits per heavy atom. The SMILES string of the molecule is CCCCCCCCCCCCCC/C=C/C(O)C(CO)NC(=O)CCCCCC/C=C\CCCCOC(=O)CCCCCCCCCCCCCCCCCCC. The Kier molecular flexibility index (Phi) is 46.6. The first-order valence-corrected chi connectivity index (χ1v) is 25.6. The summed E-state index contributed by atoms with van der Waals surface area (Å²) in [5.74, 6) is -0.138. The Hall–Kier alpha value is -1.66. The van der Waals surface area contributed by atoms with E-state index in [-0.39, 0.29) is 18.5 Å². The third-order valence-electron chi connectivity index (χ3n) is 11.7. The van der Waals surface area contributed by atoms with Crippen molar-refractivity contribution in [1.29, 1.82) is 0 Å². The second-order valence-electron chi connectivity index (χ2n) is 17.5. The van der Waals surface area contributed by atoms with Crippen LogP contribution in [0.25, 0.3) is 0 Å². The summed E-state index contributed by atoms with van der Waals surface area (Å²) in [5.41, 5.74) is 0. The van der Waals surface area contributed by atoms with E-state index in [1.165, 1.54) is 167 Å². The van der Waals surface area contributed by atoms with E-state index in [1.807, 2.05) is 6.08 Å². The normalized spacial score (nSPS) is 12.8. The highest BCUT2D eigenvalue weighted by Gasteiger charge is 2.18.